The Morgan fingerprint density at radius 3 is 2.38 bits per heavy atom. The minimum absolute atomic E-state index is 0.0316. The number of nitrogens with one attached hydrogen (secondary N) is 2. The van der Waals surface area contributed by atoms with E-state index in [1.807, 2.05) is 0 Å². The van der Waals surface area contributed by atoms with Crippen LogP contribution < -0.4 is 10.6 Å². The Balaban J connectivity index is 1.87. The highest BCUT2D eigenvalue weighted by Crippen LogP contribution is 2.27. The van der Waals surface area contributed by atoms with Crippen LogP contribution in [0.25, 0.3) is 0 Å². The van der Waals surface area contributed by atoms with E-state index in [0.29, 0.717) is 11.3 Å². The van der Waals surface area contributed by atoms with Crippen molar-refractivity contribution in [1.29, 1.82) is 0 Å². The van der Waals surface area contributed by atoms with Crippen molar-refractivity contribution in [1.82, 2.24) is 5.32 Å². The third-order valence-electron chi connectivity index (χ3n) is 3.51. The maximum Gasteiger partial charge on any atom is 0.325 e. The van der Waals surface area contributed by atoms with Gasteiger partial charge in [-0.15, -0.1) is 0 Å². The second-order valence-electron chi connectivity index (χ2n) is 4.95. The number of benzene rings is 1. The molecule has 0 unspecified atom stereocenters. The van der Waals surface area contributed by atoms with E-state index < -0.39 is 5.97 Å². The Kier molecular flexibility index (Phi) is 4.92. The summed E-state index contributed by atoms with van der Waals surface area (Å²) in [5.74, 6) is -0.720. The summed E-state index contributed by atoms with van der Waals surface area (Å²) in [6.07, 6.45) is 3.00. The molecule has 1 saturated carbocycles. The van der Waals surface area contributed by atoms with Gasteiger partial charge >= 0.3 is 5.97 Å². The third kappa shape index (κ3) is 4.05. The zero-order valence-electron chi connectivity index (χ0n) is 11.8. The highest BCUT2D eigenvalue weighted by Gasteiger charge is 2.25. The van der Waals surface area contributed by atoms with Gasteiger partial charge in [0.2, 0.25) is 5.91 Å². The fraction of sp³-hybridized carbons (Fsp3) is 0.400. The molecule has 2 rings (SSSR count). The first-order valence-corrected chi connectivity index (χ1v) is 6.86. The fourth-order valence-electron chi connectivity index (χ4n) is 1.95. The van der Waals surface area contributed by atoms with E-state index in [0.717, 1.165) is 19.3 Å². The molecule has 21 heavy (non-hydrogen) atoms. The first-order valence-electron chi connectivity index (χ1n) is 6.86. The lowest BCUT2D eigenvalue weighted by atomic mass is 9.85. The molecule has 2 amide bonds. The largest absolute Gasteiger partial charge is 0.468 e. The van der Waals surface area contributed by atoms with E-state index in [9.17, 15) is 14.4 Å². The van der Waals surface area contributed by atoms with Crippen LogP contribution in [0.4, 0.5) is 5.69 Å². The molecule has 0 radical (unpaired) electrons. The number of ether oxygens (including phenoxy) is 1. The van der Waals surface area contributed by atoms with Crippen LogP contribution in [0.1, 0.15) is 29.6 Å². The summed E-state index contributed by atoms with van der Waals surface area (Å²) < 4.78 is 4.44. The Hall–Kier alpha value is -2.37. The molecule has 112 valence electrons. The number of anilines is 1. The number of amides is 2. The van der Waals surface area contributed by atoms with E-state index >= 15 is 0 Å². The highest BCUT2D eigenvalue weighted by atomic mass is 16.5. The van der Waals surface area contributed by atoms with Gasteiger partial charge in [0.25, 0.3) is 5.91 Å². The molecule has 6 heteroatoms. The summed E-state index contributed by atoms with van der Waals surface area (Å²) in [7, 11) is 1.26. The fourth-order valence-corrected chi connectivity index (χ4v) is 1.95. The van der Waals surface area contributed by atoms with Crippen LogP contribution in [0.2, 0.25) is 0 Å². The molecule has 1 aliphatic carbocycles. The summed E-state index contributed by atoms with van der Waals surface area (Å²) >= 11 is 0. The number of carbonyl (C=O) groups is 3. The van der Waals surface area contributed by atoms with E-state index in [-0.39, 0.29) is 24.3 Å². The minimum atomic E-state index is -0.507. The molecule has 0 spiro atoms. The van der Waals surface area contributed by atoms with E-state index in [2.05, 4.69) is 15.4 Å². The lowest BCUT2D eigenvalue weighted by Gasteiger charge is -2.24. The standard InChI is InChI=1S/C15H18N2O4/c1-21-13(18)9-16-14(19)11-5-7-12(8-6-11)17-15(20)10-3-2-4-10/h5-8,10H,2-4,9H2,1H3,(H,16,19)(H,17,20). The van der Waals surface area contributed by atoms with Crippen molar-refractivity contribution in [3.8, 4) is 0 Å². The van der Waals surface area contributed by atoms with Crippen LogP contribution in [0, 0.1) is 5.92 Å². The topological polar surface area (TPSA) is 84.5 Å². The van der Waals surface area contributed by atoms with Crippen molar-refractivity contribution >= 4 is 23.5 Å². The quantitative estimate of drug-likeness (QED) is 0.801. The Morgan fingerprint density at radius 2 is 1.86 bits per heavy atom. The molecule has 1 fully saturated rings. The molecule has 0 aromatic heterocycles. The number of methoxy groups -OCH3 is 1. The van der Waals surface area contributed by atoms with Gasteiger partial charge in [-0.25, -0.2) is 0 Å². The van der Waals surface area contributed by atoms with Crippen molar-refractivity contribution in [2.45, 2.75) is 19.3 Å². The van der Waals surface area contributed by atoms with Crippen LogP contribution in [0.5, 0.6) is 0 Å². The minimum Gasteiger partial charge on any atom is -0.468 e. The highest BCUT2D eigenvalue weighted by molar-refractivity contribution is 5.97. The second kappa shape index (κ2) is 6.88. The van der Waals surface area contributed by atoms with Crippen molar-refractivity contribution in [3.05, 3.63) is 29.8 Å². The molecular weight excluding hydrogens is 272 g/mol. The Bertz CT molecular complexity index is 535. The number of rotatable bonds is 5. The van der Waals surface area contributed by atoms with Crippen LogP contribution >= 0.6 is 0 Å². The predicted molar refractivity (Wildman–Crippen MR) is 76.8 cm³/mol. The molecule has 0 heterocycles. The molecule has 1 aromatic carbocycles. The van der Waals surface area contributed by atoms with E-state index in [1.165, 1.54) is 7.11 Å². The van der Waals surface area contributed by atoms with Crippen LogP contribution in [0.15, 0.2) is 24.3 Å². The van der Waals surface area contributed by atoms with Crippen LogP contribution in [-0.4, -0.2) is 31.4 Å². The predicted octanol–water partition coefficient (Wildman–Crippen LogP) is 1.33. The zero-order chi connectivity index (χ0) is 15.2. The average Bonchev–Trinajstić information content (AvgIpc) is 2.43. The van der Waals surface area contributed by atoms with Crippen molar-refractivity contribution in [2.75, 3.05) is 19.0 Å². The molecule has 0 atom stereocenters. The van der Waals surface area contributed by atoms with Gasteiger partial charge in [0.15, 0.2) is 0 Å². The molecule has 0 saturated heterocycles. The number of hydrogen-bond donors (Lipinski definition) is 2. The van der Waals surface area contributed by atoms with Gasteiger partial charge in [0.1, 0.15) is 6.54 Å². The Labute approximate surface area is 122 Å². The molecule has 1 aliphatic rings. The van der Waals surface area contributed by atoms with Gasteiger partial charge in [-0.05, 0) is 37.1 Å². The summed E-state index contributed by atoms with van der Waals surface area (Å²) in [4.78, 5) is 34.5. The molecule has 2 N–H and O–H groups in total. The van der Waals surface area contributed by atoms with Gasteiger partial charge in [-0.2, -0.15) is 0 Å². The molecular formula is C15H18N2O4. The second-order valence-corrected chi connectivity index (χ2v) is 4.95. The number of carbonyl (C=O) groups excluding carboxylic acids is 3. The number of esters is 1. The Morgan fingerprint density at radius 1 is 1.19 bits per heavy atom. The summed E-state index contributed by atoms with van der Waals surface area (Å²) in [6, 6.07) is 6.54. The monoisotopic (exact) mass is 290 g/mol. The third-order valence-corrected chi connectivity index (χ3v) is 3.51. The smallest absolute Gasteiger partial charge is 0.325 e. The zero-order valence-corrected chi connectivity index (χ0v) is 11.8. The number of hydrogen-bond acceptors (Lipinski definition) is 4. The summed E-state index contributed by atoms with van der Waals surface area (Å²) in [6.45, 7) is -0.171. The molecule has 0 aliphatic heterocycles. The van der Waals surface area contributed by atoms with E-state index in [4.69, 9.17) is 0 Å². The van der Waals surface area contributed by atoms with Gasteiger partial charge in [-0.3, -0.25) is 14.4 Å². The molecule has 6 nitrogen and oxygen atoms in total. The summed E-state index contributed by atoms with van der Waals surface area (Å²) in [5, 5.41) is 5.27. The normalized spacial score (nSPS) is 14.0. The lowest BCUT2D eigenvalue weighted by Crippen LogP contribution is -2.30. The average molecular weight is 290 g/mol. The first-order chi connectivity index (χ1) is 10.1. The van der Waals surface area contributed by atoms with Crippen LogP contribution in [0.3, 0.4) is 0 Å². The SMILES string of the molecule is COC(=O)CNC(=O)c1ccc(NC(=O)C2CCC2)cc1. The van der Waals surface area contributed by atoms with Gasteiger partial charge < -0.3 is 15.4 Å². The van der Waals surface area contributed by atoms with Gasteiger partial charge in [-0.1, -0.05) is 6.42 Å². The van der Waals surface area contributed by atoms with Gasteiger partial charge in [0, 0.05) is 17.2 Å². The van der Waals surface area contributed by atoms with Crippen molar-refractivity contribution in [3.63, 3.8) is 0 Å². The lowest BCUT2D eigenvalue weighted by molar-refractivity contribution is -0.139. The van der Waals surface area contributed by atoms with Crippen LogP contribution in [-0.2, 0) is 14.3 Å². The van der Waals surface area contributed by atoms with E-state index in [1.54, 1.807) is 24.3 Å². The molecule has 0 bridgehead atoms. The van der Waals surface area contributed by atoms with Gasteiger partial charge in [0.05, 0.1) is 7.11 Å². The van der Waals surface area contributed by atoms with Crippen molar-refractivity contribution < 1.29 is 19.1 Å². The first kappa shape index (κ1) is 15.0. The maximum atomic E-state index is 11.8. The summed E-state index contributed by atoms with van der Waals surface area (Å²) in [5.41, 5.74) is 1.08. The molecule has 1 aromatic rings. The maximum absolute atomic E-state index is 11.8. The van der Waals surface area contributed by atoms with Crippen molar-refractivity contribution in [2.24, 2.45) is 5.92 Å².